The minimum atomic E-state index is -0.612. The molecule has 7 heteroatoms. The zero-order chi connectivity index (χ0) is 19.7. The van der Waals surface area contributed by atoms with E-state index >= 15 is 0 Å². The molecule has 0 N–H and O–H groups in total. The second kappa shape index (κ2) is 7.28. The van der Waals surface area contributed by atoms with Crippen molar-refractivity contribution in [2.45, 2.75) is 6.54 Å². The van der Waals surface area contributed by atoms with Crippen LogP contribution in [0.5, 0.6) is 5.75 Å². The van der Waals surface area contributed by atoms with Crippen molar-refractivity contribution in [1.82, 2.24) is 4.57 Å². The maximum Gasteiger partial charge on any atom is 0.315 e. The summed E-state index contributed by atoms with van der Waals surface area (Å²) in [5.74, 6) is 0.0148. The van der Waals surface area contributed by atoms with E-state index in [-0.39, 0.29) is 11.2 Å². The maximum absolute atomic E-state index is 12.7. The van der Waals surface area contributed by atoms with Crippen molar-refractivity contribution in [3.05, 3.63) is 82.0 Å². The number of fused-ring (bicyclic) bond motifs is 2. The fraction of sp³-hybridized carbons (Fsp3) is 0.0952. The summed E-state index contributed by atoms with van der Waals surface area (Å²) in [6.45, 7) is 4.26. The summed E-state index contributed by atoms with van der Waals surface area (Å²) in [5.41, 5.74) is 0.992. The van der Waals surface area contributed by atoms with Crippen molar-refractivity contribution in [1.29, 1.82) is 0 Å². The summed E-state index contributed by atoms with van der Waals surface area (Å²) >= 11 is 1.35. The Labute approximate surface area is 163 Å². The van der Waals surface area contributed by atoms with Gasteiger partial charge in [0.05, 0.1) is 22.7 Å². The van der Waals surface area contributed by atoms with Crippen molar-refractivity contribution in [2.24, 2.45) is 4.99 Å². The Bertz CT molecular complexity index is 1340. The molecule has 0 spiro atoms. The number of benzene rings is 2. The quantitative estimate of drug-likeness (QED) is 0.496. The van der Waals surface area contributed by atoms with Gasteiger partial charge in [0.15, 0.2) is 16.0 Å². The van der Waals surface area contributed by atoms with Crippen LogP contribution in [0.4, 0.5) is 0 Å². The largest absolute Gasteiger partial charge is 0.497 e. The highest BCUT2D eigenvalue weighted by atomic mass is 32.1. The Balaban J connectivity index is 1.87. The van der Waals surface area contributed by atoms with E-state index in [1.807, 2.05) is 22.8 Å². The molecule has 0 unspecified atom stereocenters. The molecule has 1 amide bonds. The molecule has 0 bridgehead atoms. The first-order valence-corrected chi connectivity index (χ1v) is 9.32. The van der Waals surface area contributed by atoms with Crippen LogP contribution in [0.1, 0.15) is 10.6 Å². The predicted octanol–water partition coefficient (Wildman–Crippen LogP) is 3.74. The molecule has 0 fully saturated rings. The number of rotatable bonds is 4. The van der Waals surface area contributed by atoms with Crippen molar-refractivity contribution in [3.8, 4) is 5.75 Å². The zero-order valence-electron chi connectivity index (χ0n) is 15.0. The maximum atomic E-state index is 12.7. The molecule has 6 nitrogen and oxygen atoms in total. The van der Waals surface area contributed by atoms with Gasteiger partial charge in [-0.05, 0) is 30.3 Å². The standard InChI is InChI=1S/C21H16N2O4S/c1-3-10-23-15-9-8-13(26-2)11-19(15)28-21(23)22-20(25)18-12-16(24)14-6-4-5-7-17(14)27-18/h3-9,11-12H,1,10H2,2H3. The number of carbonyl (C=O) groups is 1. The first kappa shape index (κ1) is 17.9. The number of amides is 1. The van der Waals surface area contributed by atoms with Crippen molar-refractivity contribution >= 4 is 38.4 Å². The Hall–Kier alpha value is -3.45. The summed E-state index contributed by atoms with van der Waals surface area (Å²) in [5, 5.41) is 0.426. The fourth-order valence-corrected chi connectivity index (χ4v) is 3.99. The lowest BCUT2D eigenvalue weighted by Crippen LogP contribution is -2.17. The molecular formula is C21H16N2O4S. The second-order valence-electron chi connectivity index (χ2n) is 6.01. The van der Waals surface area contributed by atoms with Gasteiger partial charge >= 0.3 is 5.91 Å². The van der Waals surface area contributed by atoms with Gasteiger partial charge in [0.2, 0.25) is 0 Å². The summed E-state index contributed by atoms with van der Waals surface area (Å²) in [6, 6.07) is 13.6. The zero-order valence-corrected chi connectivity index (χ0v) is 15.9. The lowest BCUT2D eigenvalue weighted by molar-refractivity contribution is 0.0972. The number of carbonyl (C=O) groups excluding carboxylic acids is 1. The lowest BCUT2D eigenvalue weighted by Gasteiger charge is -2.02. The SMILES string of the molecule is C=CCn1c(=NC(=O)c2cc(=O)c3ccccc3o2)sc2cc(OC)ccc21. The van der Waals surface area contributed by atoms with Crippen LogP contribution in [0.15, 0.2) is 75.4 Å². The molecule has 0 atom stereocenters. The number of thiazole rings is 1. The first-order chi connectivity index (χ1) is 13.6. The van der Waals surface area contributed by atoms with Gasteiger partial charge in [-0.25, -0.2) is 0 Å². The molecule has 4 rings (SSSR count). The molecular weight excluding hydrogens is 376 g/mol. The van der Waals surface area contributed by atoms with Crippen molar-refractivity contribution in [3.63, 3.8) is 0 Å². The molecule has 4 aromatic rings. The summed E-state index contributed by atoms with van der Waals surface area (Å²) < 4.78 is 13.7. The van der Waals surface area contributed by atoms with Gasteiger partial charge in [0.1, 0.15) is 11.3 Å². The number of para-hydroxylation sites is 1. The molecule has 0 radical (unpaired) electrons. The molecule has 28 heavy (non-hydrogen) atoms. The van der Waals surface area contributed by atoms with Gasteiger partial charge in [-0.1, -0.05) is 29.5 Å². The molecule has 2 aromatic carbocycles. The summed E-state index contributed by atoms with van der Waals surface area (Å²) in [6.07, 6.45) is 1.73. The molecule has 0 aliphatic carbocycles. The third-order valence-electron chi connectivity index (χ3n) is 4.24. The minimum absolute atomic E-state index is 0.0936. The van der Waals surface area contributed by atoms with E-state index in [0.717, 1.165) is 16.0 Å². The molecule has 0 saturated carbocycles. The predicted molar refractivity (Wildman–Crippen MR) is 109 cm³/mol. The van der Waals surface area contributed by atoms with Gasteiger partial charge in [0.25, 0.3) is 0 Å². The Morgan fingerprint density at radius 2 is 2.11 bits per heavy atom. The Kier molecular flexibility index (Phi) is 4.67. The van der Waals surface area contributed by atoms with Gasteiger partial charge in [-0.3, -0.25) is 9.59 Å². The number of ether oxygens (including phenoxy) is 1. The summed E-state index contributed by atoms with van der Waals surface area (Å²) in [4.78, 5) is 29.7. The number of hydrogen-bond donors (Lipinski definition) is 0. The van der Waals surface area contributed by atoms with E-state index in [1.165, 1.54) is 17.4 Å². The molecule has 140 valence electrons. The Morgan fingerprint density at radius 3 is 2.89 bits per heavy atom. The van der Waals surface area contributed by atoms with Crippen LogP contribution in [-0.4, -0.2) is 17.6 Å². The van der Waals surface area contributed by atoms with E-state index in [0.29, 0.717) is 22.3 Å². The third kappa shape index (κ3) is 3.16. The van der Waals surface area contributed by atoms with Crippen LogP contribution in [-0.2, 0) is 6.54 Å². The molecule has 0 saturated heterocycles. The van der Waals surface area contributed by atoms with Crippen LogP contribution in [0.2, 0.25) is 0 Å². The van der Waals surface area contributed by atoms with Crippen LogP contribution < -0.4 is 15.0 Å². The van der Waals surface area contributed by atoms with E-state index in [9.17, 15) is 9.59 Å². The van der Waals surface area contributed by atoms with E-state index < -0.39 is 5.91 Å². The first-order valence-electron chi connectivity index (χ1n) is 8.51. The van der Waals surface area contributed by atoms with Crippen molar-refractivity contribution < 1.29 is 13.9 Å². The van der Waals surface area contributed by atoms with E-state index in [1.54, 1.807) is 37.5 Å². The third-order valence-corrected chi connectivity index (χ3v) is 5.29. The number of aromatic nitrogens is 1. The average Bonchev–Trinajstić information content (AvgIpc) is 3.04. The van der Waals surface area contributed by atoms with Crippen molar-refractivity contribution in [2.75, 3.05) is 7.11 Å². The van der Waals surface area contributed by atoms with Crippen LogP contribution in [0, 0.1) is 0 Å². The normalized spacial score (nSPS) is 11.8. The molecule has 0 aliphatic heterocycles. The van der Waals surface area contributed by atoms with Crippen LogP contribution >= 0.6 is 11.3 Å². The van der Waals surface area contributed by atoms with E-state index in [2.05, 4.69) is 11.6 Å². The van der Waals surface area contributed by atoms with Crippen LogP contribution in [0.25, 0.3) is 21.2 Å². The molecule has 2 heterocycles. The fourth-order valence-electron chi connectivity index (χ4n) is 2.92. The highest BCUT2D eigenvalue weighted by Crippen LogP contribution is 2.23. The number of hydrogen-bond acceptors (Lipinski definition) is 5. The van der Waals surface area contributed by atoms with Gasteiger partial charge < -0.3 is 13.7 Å². The Morgan fingerprint density at radius 1 is 1.29 bits per heavy atom. The average molecular weight is 392 g/mol. The lowest BCUT2D eigenvalue weighted by atomic mass is 10.2. The monoisotopic (exact) mass is 392 g/mol. The summed E-state index contributed by atoms with van der Waals surface area (Å²) in [7, 11) is 1.60. The minimum Gasteiger partial charge on any atom is -0.497 e. The van der Waals surface area contributed by atoms with Gasteiger partial charge in [-0.15, -0.1) is 6.58 Å². The number of methoxy groups -OCH3 is 1. The second-order valence-corrected chi connectivity index (χ2v) is 7.01. The highest BCUT2D eigenvalue weighted by molar-refractivity contribution is 7.16. The molecule has 0 aliphatic rings. The highest BCUT2D eigenvalue weighted by Gasteiger charge is 2.13. The number of nitrogens with zero attached hydrogens (tertiary/aromatic N) is 2. The van der Waals surface area contributed by atoms with Gasteiger partial charge in [-0.2, -0.15) is 4.99 Å². The van der Waals surface area contributed by atoms with Gasteiger partial charge in [0, 0.05) is 12.6 Å². The molecule has 2 aromatic heterocycles. The van der Waals surface area contributed by atoms with Crippen LogP contribution in [0.3, 0.4) is 0 Å². The smallest absolute Gasteiger partial charge is 0.315 e. The number of allylic oxidation sites excluding steroid dienone is 1. The van der Waals surface area contributed by atoms with E-state index in [4.69, 9.17) is 9.15 Å². The topological polar surface area (TPSA) is 73.8 Å².